The molecule has 1 aromatic heterocycles. The van der Waals surface area contributed by atoms with Gasteiger partial charge in [0.2, 0.25) is 0 Å². The van der Waals surface area contributed by atoms with Gasteiger partial charge in [0.25, 0.3) is 5.22 Å². The van der Waals surface area contributed by atoms with Crippen LogP contribution >= 0.6 is 11.8 Å². The molecule has 0 aliphatic heterocycles. The molecule has 1 heterocycles. The van der Waals surface area contributed by atoms with E-state index in [1.54, 1.807) is 6.26 Å². The minimum Gasteiger partial charge on any atom is -0.440 e. The molecule has 1 N–H and O–H groups in total. The number of aromatic nitrogens is 1. The van der Waals surface area contributed by atoms with Crippen molar-refractivity contribution in [3.63, 3.8) is 0 Å². The molecule has 0 aromatic carbocycles. The van der Waals surface area contributed by atoms with Crippen molar-refractivity contribution in [2.24, 2.45) is 0 Å². The molecular formula is C17H30N2OS. The van der Waals surface area contributed by atoms with Gasteiger partial charge in [0.15, 0.2) is 0 Å². The van der Waals surface area contributed by atoms with Crippen LogP contribution in [0.2, 0.25) is 0 Å². The van der Waals surface area contributed by atoms with Gasteiger partial charge in [0, 0.05) is 11.3 Å². The molecule has 2 unspecified atom stereocenters. The molecule has 4 heteroatoms. The van der Waals surface area contributed by atoms with Crippen LogP contribution in [0.1, 0.15) is 69.9 Å². The van der Waals surface area contributed by atoms with E-state index in [9.17, 15) is 0 Å². The number of nitrogens with zero attached hydrogens (tertiary/aromatic N) is 1. The van der Waals surface area contributed by atoms with Gasteiger partial charge in [-0.25, -0.2) is 4.98 Å². The van der Waals surface area contributed by atoms with Crippen molar-refractivity contribution in [1.29, 1.82) is 0 Å². The van der Waals surface area contributed by atoms with E-state index in [0.29, 0.717) is 11.3 Å². The quantitative estimate of drug-likeness (QED) is 0.857. The molecule has 0 bridgehead atoms. The van der Waals surface area contributed by atoms with E-state index >= 15 is 0 Å². The summed E-state index contributed by atoms with van der Waals surface area (Å²) in [4.78, 5) is 4.47. The molecule has 2 rings (SSSR count). The summed E-state index contributed by atoms with van der Waals surface area (Å²) >= 11 is 1.83. The Balaban J connectivity index is 1.95. The topological polar surface area (TPSA) is 38.1 Å². The van der Waals surface area contributed by atoms with Crippen LogP contribution in [0.15, 0.2) is 15.9 Å². The molecule has 0 spiro atoms. The van der Waals surface area contributed by atoms with Crippen molar-refractivity contribution in [3.05, 3.63) is 12.0 Å². The first-order chi connectivity index (χ1) is 10.3. The lowest BCUT2D eigenvalue weighted by Gasteiger charge is -2.26. The molecule has 1 aliphatic rings. The second-order valence-electron chi connectivity index (χ2n) is 6.21. The highest BCUT2D eigenvalue weighted by Crippen LogP contribution is 2.31. The Morgan fingerprint density at radius 3 is 2.24 bits per heavy atom. The highest BCUT2D eigenvalue weighted by atomic mass is 32.2. The maximum absolute atomic E-state index is 5.56. The number of oxazole rings is 1. The third-order valence-electron chi connectivity index (χ3n) is 4.42. The number of hydrogen-bond donors (Lipinski definition) is 1. The predicted octanol–water partition coefficient (Wildman–Crippen LogP) is 4.95. The van der Waals surface area contributed by atoms with E-state index in [2.05, 4.69) is 17.3 Å². The van der Waals surface area contributed by atoms with Gasteiger partial charge >= 0.3 is 0 Å². The molecule has 1 aliphatic carbocycles. The molecule has 0 saturated heterocycles. The molecule has 21 heavy (non-hydrogen) atoms. The zero-order valence-electron chi connectivity index (χ0n) is 13.6. The van der Waals surface area contributed by atoms with E-state index in [1.807, 2.05) is 18.7 Å². The van der Waals surface area contributed by atoms with Crippen molar-refractivity contribution in [3.8, 4) is 0 Å². The third kappa shape index (κ3) is 6.03. The molecular weight excluding hydrogens is 280 g/mol. The maximum Gasteiger partial charge on any atom is 0.256 e. The average Bonchev–Trinajstić information content (AvgIpc) is 2.87. The summed E-state index contributed by atoms with van der Waals surface area (Å²) in [5, 5.41) is 4.96. The lowest BCUT2D eigenvalue weighted by atomic mass is 9.97. The van der Waals surface area contributed by atoms with E-state index in [4.69, 9.17) is 4.42 Å². The number of nitrogens with one attached hydrogen (secondary N) is 1. The Morgan fingerprint density at radius 1 is 1.05 bits per heavy atom. The minimum atomic E-state index is 0.571. The van der Waals surface area contributed by atoms with E-state index < -0.39 is 0 Å². The monoisotopic (exact) mass is 310 g/mol. The molecule has 1 saturated carbocycles. The fraction of sp³-hybridized carbons (Fsp3) is 0.824. The van der Waals surface area contributed by atoms with E-state index in [0.717, 1.165) is 10.9 Å². The summed E-state index contributed by atoms with van der Waals surface area (Å²) in [6.07, 6.45) is 15.4. The number of aryl methyl sites for hydroxylation is 1. The van der Waals surface area contributed by atoms with Crippen molar-refractivity contribution in [1.82, 2.24) is 10.3 Å². The number of rotatable bonds is 3. The summed E-state index contributed by atoms with van der Waals surface area (Å²) in [5.74, 6) is 0. The standard InChI is InChI=1S/C17H30N2OS/c1-14-13-20-17(19-14)21-16-12-10-8-6-4-3-5-7-9-11-15(16)18-2/h13,15-16,18H,3-12H2,1-2H3. The zero-order valence-corrected chi connectivity index (χ0v) is 14.4. The summed E-state index contributed by atoms with van der Waals surface area (Å²) in [5.41, 5.74) is 0.978. The normalized spacial score (nSPS) is 26.0. The van der Waals surface area contributed by atoms with Gasteiger partial charge in [-0.05, 0) is 26.8 Å². The van der Waals surface area contributed by atoms with Crippen LogP contribution in [0.25, 0.3) is 0 Å². The maximum atomic E-state index is 5.56. The Kier molecular flexibility index (Phi) is 7.65. The Hall–Kier alpha value is -0.480. The summed E-state index contributed by atoms with van der Waals surface area (Å²) in [6.45, 7) is 1.99. The summed E-state index contributed by atoms with van der Waals surface area (Å²) in [6, 6.07) is 0.571. The van der Waals surface area contributed by atoms with Crippen molar-refractivity contribution in [2.75, 3.05) is 7.05 Å². The van der Waals surface area contributed by atoms with Crippen molar-refractivity contribution < 1.29 is 4.42 Å². The van der Waals surface area contributed by atoms with Gasteiger partial charge in [0.05, 0.1) is 5.69 Å². The van der Waals surface area contributed by atoms with Crippen LogP contribution in [0.3, 0.4) is 0 Å². The van der Waals surface area contributed by atoms with Gasteiger partial charge in [-0.3, -0.25) is 0 Å². The molecule has 120 valence electrons. The van der Waals surface area contributed by atoms with Crippen LogP contribution in [0.5, 0.6) is 0 Å². The lowest BCUT2D eigenvalue weighted by molar-refractivity contribution is 0.423. The summed E-state index contributed by atoms with van der Waals surface area (Å²) in [7, 11) is 2.10. The Morgan fingerprint density at radius 2 is 1.67 bits per heavy atom. The molecule has 3 nitrogen and oxygen atoms in total. The fourth-order valence-electron chi connectivity index (χ4n) is 3.14. The lowest BCUT2D eigenvalue weighted by Crippen LogP contribution is -2.35. The van der Waals surface area contributed by atoms with Crippen LogP contribution in [0, 0.1) is 6.92 Å². The Bertz CT molecular complexity index is 394. The molecule has 1 aromatic rings. The second kappa shape index (κ2) is 9.52. The van der Waals surface area contributed by atoms with Crippen LogP contribution in [0.4, 0.5) is 0 Å². The first-order valence-corrected chi connectivity index (χ1v) is 9.43. The first-order valence-electron chi connectivity index (χ1n) is 8.55. The van der Waals surface area contributed by atoms with Crippen LogP contribution < -0.4 is 5.32 Å². The number of thioether (sulfide) groups is 1. The highest BCUT2D eigenvalue weighted by Gasteiger charge is 2.23. The predicted molar refractivity (Wildman–Crippen MR) is 89.9 cm³/mol. The van der Waals surface area contributed by atoms with Crippen LogP contribution in [-0.2, 0) is 0 Å². The van der Waals surface area contributed by atoms with Crippen molar-refractivity contribution >= 4 is 11.8 Å². The second-order valence-corrected chi connectivity index (χ2v) is 7.40. The van der Waals surface area contributed by atoms with Crippen molar-refractivity contribution in [2.45, 2.75) is 87.6 Å². The SMILES string of the molecule is CNC1CCCCCCCCCCC1Sc1nc(C)co1. The molecule has 2 atom stereocenters. The fourth-order valence-corrected chi connectivity index (χ4v) is 4.43. The van der Waals surface area contributed by atoms with Gasteiger partial charge in [0.1, 0.15) is 6.26 Å². The van der Waals surface area contributed by atoms with Gasteiger partial charge in [-0.2, -0.15) is 0 Å². The largest absolute Gasteiger partial charge is 0.440 e. The van der Waals surface area contributed by atoms with Gasteiger partial charge < -0.3 is 9.73 Å². The molecule has 0 amide bonds. The van der Waals surface area contributed by atoms with Gasteiger partial charge in [-0.1, -0.05) is 63.1 Å². The smallest absolute Gasteiger partial charge is 0.256 e. The zero-order chi connectivity index (χ0) is 14.9. The van der Waals surface area contributed by atoms with Crippen LogP contribution in [-0.4, -0.2) is 23.3 Å². The molecule has 1 fully saturated rings. The van der Waals surface area contributed by atoms with E-state index in [1.165, 1.54) is 64.2 Å². The van der Waals surface area contributed by atoms with E-state index in [-0.39, 0.29) is 0 Å². The highest BCUT2D eigenvalue weighted by molar-refractivity contribution is 7.99. The first kappa shape index (κ1) is 16.9. The van der Waals surface area contributed by atoms with Gasteiger partial charge in [-0.15, -0.1) is 0 Å². The molecule has 0 radical (unpaired) electrons. The average molecular weight is 311 g/mol. The minimum absolute atomic E-state index is 0.571. The number of hydrogen-bond acceptors (Lipinski definition) is 4. The summed E-state index contributed by atoms with van der Waals surface area (Å²) < 4.78 is 5.56. The third-order valence-corrected chi connectivity index (χ3v) is 5.68. The Labute approximate surface area is 133 Å².